The van der Waals surface area contributed by atoms with Crippen LogP contribution in [0.15, 0.2) is 18.2 Å². The lowest BCUT2D eigenvalue weighted by Gasteiger charge is -2.34. The molecule has 1 fully saturated rings. The minimum Gasteiger partial charge on any atom is -0.481 e. The number of hydrogen-bond acceptors (Lipinski definition) is 2. The van der Waals surface area contributed by atoms with Gasteiger partial charge in [0.25, 0.3) is 0 Å². The van der Waals surface area contributed by atoms with Gasteiger partial charge >= 0.3 is 12.0 Å². The third-order valence-electron chi connectivity index (χ3n) is 4.28. The molecule has 1 saturated heterocycles. The van der Waals surface area contributed by atoms with Gasteiger partial charge in [-0.3, -0.25) is 4.79 Å². The molecule has 1 heterocycles. The van der Waals surface area contributed by atoms with Crippen LogP contribution in [-0.2, 0) is 11.2 Å². The molecule has 22 heavy (non-hydrogen) atoms. The number of aryl methyl sites for hydroxylation is 2. The Morgan fingerprint density at radius 1 is 1.36 bits per heavy atom. The Hall–Kier alpha value is -2.04. The normalized spacial score (nSPS) is 21.5. The standard InChI is InChI=1S/C17H24N2O3/c1-4-13-8-15(6-5-12(13)3)18-17(22)19-9-11(2)7-14(10-19)16(20)21/h5-6,8,11,14H,4,7,9-10H2,1-3H3,(H,18,22)(H,20,21). The van der Waals surface area contributed by atoms with Crippen molar-refractivity contribution in [2.24, 2.45) is 11.8 Å². The van der Waals surface area contributed by atoms with Crippen LogP contribution in [0.25, 0.3) is 0 Å². The first-order chi connectivity index (χ1) is 10.4. The number of carbonyl (C=O) groups excluding carboxylic acids is 1. The minimum absolute atomic E-state index is 0.199. The lowest BCUT2D eigenvalue weighted by atomic mass is 9.91. The Labute approximate surface area is 131 Å². The Bertz CT molecular complexity index is 571. The van der Waals surface area contributed by atoms with Gasteiger partial charge < -0.3 is 15.3 Å². The van der Waals surface area contributed by atoms with Crippen LogP contribution in [0, 0.1) is 18.8 Å². The number of hydrogen-bond donors (Lipinski definition) is 2. The van der Waals surface area contributed by atoms with Gasteiger partial charge in [0.2, 0.25) is 0 Å². The van der Waals surface area contributed by atoms with E-state index in [0.717, 1.165) is 12.1 Å². The molecule has 1 aliphatic rings. The highest BCUT2D eigenvalue weighted by atomic mass is 16.4. The molecule has 1 aromatic carbocycles. The summed E-state index contributed by atoms with van der Waals surface area (Å²) < 4.78 is 0. The molecule has 5 nitrogen and oxygen atoms in total. The van der Waals surface area contributed by atoms with E-state index in [9.17, 15) is 14.7 Å². The maximum Gasteiger partial charge on any atom is 0.321 e. The van der Waals surface area contributed by atoms with Crippen LogP contribution >= 0.6 is 0 Å². The number of likely N-dealkylation sites (tertiary alicyclic amines) is 1. The lowest BCUT2D eigenvalue weighted by molar-refractivity contribution is -0.143. The SMILES string of the molecule is CCc1cc(NC(=O)N2CC(C)CC(C(=O)O)C2)ccc1C. The first-order valence-corrected chi connectivity index (χ1v) is 7.79. The summed E-state index contributed by atoms with van der Waals surface area (Å²) in [5.74, 6) is -1.10. The van der Waals surface area contributed by atoms with E-state index in [1.165, 1.54) is 11.1 Å². The topological polar surface area (TPSA) is 69.6 Å². The largest absolute Gasteiger partial charge is 0.481 e. The molecule has 2 amide bonds. The zero-order chi connectivity index (χ0) is 16.3. The average molecular weight is 304 g/mol. The summed E-state index contributed by atoms with van der Waals surface area (Å²) in [6.07, 6.45) is 1.54. The van der Waals surface area contributed by atoms with E-state index in [-0.39, 0.29) is 18.5 Å². The molecule has 2 atom stereocenters. The van der Waals surface area contributed by atoms with Crippen molar-refractivity contribution in [2.75, 3.05) is 18.4 Å². The molecule has 1 aromatic rings. The Morgan fingerprint density at radius 3 is 2.73 bits per heavy atom. The van der Waals surface area contributed by atoms with E-state index in [2.05, 4.69) is 12.2 Å². The summed E-state index contributed by atoms with van der Waals surface area (Å²) in [4.78, 5) is 25.2. The van der Waals surface area contributed by atoms with E-state index in [1.807, 2.05) is 32.0 Å². The number of anilines is 1. The average Bonchev–Trinajstić information content (AvgIpc) is 2.48. The van der Waals surface area contributed by atoms with Crippen LogP contribution in [-0.4, -0.2) is 35.1 Å². The van der Waals surface area contributed by atoms with Crippen LogP contribution < -0.4 is 5.32 Å². The first-order valence-electron chi connectivity index (χ1n) is 7.79. The van der Waals surface area contributed by atoms with Crippen molar-refractivity contribution in [2.45, 2.75) is 33.6 Å². The lowest BCUT2D eigenvalue weighted by Crippen LogP contribution is -2.47. The molecule has 0 aliphatic carbocycles. The second-order valence-corrected chi connectivity index (χ2v) is 6.21. The second-order valence-electron chi connectivity index (χ2n) is 6.21. The van der Waals surface area contributed by atoms with Crippen molar-refractivity contribution in [3.8, 4) is 0 Å². The smallest absolute Gasteiger partial charge is 0.321 e. The van der Waals surface area contributed by atoms with Crippen molar-refractivity contribution in [3.05, 3.63) is 29.3 Å². The Balaban J connectivity index is 2.06. The van der Waals surface area contributed by atoms with Crippen molar-refractivity contribution >= 4 is 17.7 Å². The Morgan fingerprint density at radius 2 is 2.09 bits per heavy atom. The third kappa shape index (κ3) is 3.78. The number of carbonyl (C=O) groups is 2. The molecule has 2 unspecified atom stereocenters. The van der Waals surface area contributed by atoms with Gasteiger partial charge in [0.05, 0.1) is 5.92 Å². The number of piperidine rings is 1. The second kappa shape index (κ2) is 6.81. The number of urea groups is 1. The molecule has 0 radical (unpaired) electrons. The van der Waals surface area contributed by atoms with Crippen LogP contribution in [0.5, 0.6) is 0 Å². The Kier molecular flexibility index (Phi) is 5.06. The van der Waals surface area contributed by atoms with E-state index in [1.54, 1.807) is 4.90 Å². The van der Waals surface area contributed by atoms with Gasteiger partial charge in [-0.2, -0.15) is 0 Å². The minimum atomic E-state index is -0.826. The maximum atomic E-state index is 12.4. The van der Waals surface area contributed by atoms with Crippen LogP contribution in [0.4, 0.5) is 10.5 Å². The molecule has 0 spiro atoms. The van der Waals surface area contributed by atoms with Gasteiger partial charge in [0.1, 0.15) is 0 Å². The van der Waals surface area contributed by atoms with Gasteiger partial charge in [-0.05, 0) is 48.9 Å². The molecule has 5 heteroatoms. The van der Waals surface area contributed by atoms with Gasteiger partial charge in [-0.15, -0.1) is 0 Å². The highest BCUT2D eigenvalue weighted by Crippen LogP contribution is 2.23. The number of benzene rings is 1. The van der Waals surface area contributed by atoms with Gasteiger partial charge in [-0.25, -0.2) is 4.79 Å². The van der Waals surface area contributed by atoms with E-state index in [4.69, 9.17) is 0 Å². The van der Waals surface area contributed by atoms with Crippen molar-refractivity contribution in [3.63, 3.8) is 0 Å². The fourth-order valence-electron chi connectivity index (χ4n) is 3.03. The monoisotopic (exact) mass is 304 g/mol. The van der Waals surface area contributed by atoms with Crippen LogP contribution in [0.3, 0.4) is 0 Å². The number of carboxylic acids is 1. The van der Waals surface area contributed by atoms with Crippen molar-refractivity contribution < 1.29 is 14.7 Å². The number of amides is 2. The van der Waals surface area contributed by atoms with Crippen LogP contribution in [0.1, 0.15) is 31.4 Å². The van der Waals surface area contributed by atoms with Gasteiger partial charge in [-0.1, -0.05) is 19.9 Å². The summed E-state index contributed by atoms with van der Waals surface area (Å²) in [5, 5.41) is 12.1. The number of carboxylic acid groups (broad SMARTS) is 1. The van der Waals surface area contributed by atoms with E-state index in [0.29, 0.717) is 13.0 Å². The van der Waals surface area contributed by atoms with Crippen LogP contribution in [0.2, 0.25) is 0 Å². The highest BCUT2D eigenvalue weighted by molar-refractivity contribution is 5.90. The number of nitrogens with one attached hydrogen (secondary N) is 1. The zero-order valence-corrected chi connectivity index (χ0v) is 13.4. The molecule has 120 valence electrons. The zero-order valence-electron chi connectivity index (χ0n) is 13.4. The number of nitrogens with zero attached hydrogens (tertiary/aromatic N) is 1. The third-order valence-corrected chi connectivity index (χ3v) is 4.28. The first kappa shape index (κ1) is 16.3. The van der Waals surface area contributed by atoms with Crippen molar-refractivity contribution in [1.29, 1.82) is 0 Å². The molecular weight excluding hydrogens is 280 g/mol. The van der Waals surface area contributed by atoms with Crippen molar-refractivity contribution in [1.82, 2.24) is 4.90 Å². The summed E-state index contributed by atoms with van der Waals surface area (Å²) in [7, 11) is 0. The predicted octanol–water partition coefficient (Wildman–Crippen LogP) is 3.13. The molecule has 0 aromatic heterocycles. The molecule has 1 aliphatic heterocycles. The molecule has 2 rings (SSSR count). The highest BCUT2D eigenvalue weighted by Gasteiger charge is 2.31. The fourth-order valence-corrected chi connectivity index (χ4v) is 3.03. The quantitative estimate of drug-likeness (QED) is 0.901. The summed E-state index contributed by atoms with van der Waals surface area (Å²) in [5.41, 5.74) is 3.17. The van der Waals surface area contributed by atoms with E-state index >= 15 is 0 Å². The van der Waals surface area contributed by atoms with Gasteiger partial charge in [0, 0.05) is 18.8 Å². The molecular formula is C17H24N2O3. The maximum absolute atomic E-state index is 12.4. The summed E-state index contributed by atoms with van der Waals surface area (Å²) in [6.45, 7) is 6.99. The van der Waals surface area contributed by atoms with Gasteiger partial charge in [0.15, 0.2) is 0 Å². The fraction of sp³-hybridized carbons (Fsp3) is 0.529. The molecule has 0 saturated carbocycles. The summed E-state index contributed by atoms with van der Waals surface area (Å²) in [6, 6.07) is 5.64. The summed E-state index contributed by atoms with van der Waals surface area (Å²) >= 11 is 0. The number of rotatable bonds is 3. The molecule has 0 bridgehead atoms. The van der Waals surface area contributed by atoms with E-state index < -0.39 is 11.9 Å². The molecule has 2 N–H and O–H groups in total. The predicted molar refractivity (Wildman–Crippen MR) is 86.1 cm³/mol. The number of aliphatic carboxylic acids is 1.